The van der Waals surface area contributed by atoms with Gasteiger partial charge in [0.25, 0.3) is 5.91 Å². The summed E-state index contributed by atoms with van der Waals surface area (Å²) in [4.78, 5) is 22.8. The van der Waals surface area contributed by atoms with Crippen LogP contribution in [-0.2, 0) is 11.3 Å². The number of amides is 1. The number of anilines is 1. The normalized spacial score (nSPS) is 10.2. The van der Waals surface area contributed by atoms with Crippen LogP contribution in [0, 0.1) is 0 Å². The van der Waals surface area contributed by atoms with E-state index < -0.39 is 5.97 Å². The van der Waals surface area contributed by atoms with Crippen LogP contribution in [0.4, 0.5) is 5.69 Å². The van der Waals surface area contributed by atoms with Gasteiger partial charge in [-0.3, -0.25) is 9.59 Å². The van der Waals surface area contributed by atoms with Crippen molar-refractivity contribution in [2.24, 2.45) is 0 Å². The number of nitrogens with one attached hydrogen (secondary N) is 1. The minimum Gasteiger partial charge on any atom is -0.480 e. The highest BCUT2D eigenvalue weighted by Gasteiger charge is 2.13. The van der Waals surface area contributed by atoms with Crippen molar-refractivity contribution in [1.82, 2.24) is 4.57 Å². The lowest BCUT2D eigenvalue weighted by molar-refractivity contribution is -0.137. The van der Waals surface area contributed by atoms with Crippen molar-refractivity contribution in [3.8, 4) is 0 Å². The number of benzene rings is 1. The molecule has 1 heterocycles. The first-order valence-electron chi connectivity index (χ1n) is 5.51. The second-order valence-corrected chi connectivity index (χ2v) is 4.70. The maximum atomic E-state index is 12.1. The van der Waals surface area contributed by atoms with Crippen molar-refractivity contribution >= 4 is 33.5 Å². The Morgan fingerprint density at radius 3 is 2.63 bits per heavy atom. The van der Waals surface area contributed by atoms with Crippen molar-refractivity contribution in [1.29, 1.82) is 0 Å². The summed E-state index contributed by atoms with van der Waals surface area (Å²) < 4.78 is 2.15. The lowest BCUT2D eigenvalue weighted by Crippen LogP contribution is -2.19. The molecule has 1 aromatic carbocycles. The summed E-state index contributed by atoms with van der Waals surface area (Å²) in [6.45, 7) is -0.244. The van der Waals surface area contributed by atoms with E-state index in [9.17, 15) is 9.59 Å². The maximum Gasteiger partial charge on any atom is 0.323 e. The Balaban J connectivity index is 2.19. The summed E-state index contributed by atoms with van der Waals surface area (Å²) in [5, 5.41) is 11.5. The second-order valence-electron chi connectivity index (χ2n) is 3.85. The van der Waals surface area contributed by atoms with E-state index in [1.807, 2.05) is 12.1 Å². The molecule has 2 aromatic rings. The molecule has 0 aliphatic carbocycles. The molecular formula is C13H11BrN2O3. The average Bonchev–Trinajstić information content (AvgIpc) is 2.79. The van der Waals surface area contributed by atoms with Crippen LogP contribution in [0.25, 0.3) is 0 Å². The van der Waals surface area contributed by atoms with Gasteiger partial charge in [-0.2, -0.15) is 0 Å². The Labute approximate surface area is 118 Å². The van der Waals surface area contributed by atoms with Crippen LogP contribution in [0.15, 0.2) is 47.1 Å². The van der Waals surface area contributed by atoms with Gasteiger partial charge in [0, 0.05) is 10.7 Å². The third-order valence-electron chi connectivity index (χ3n) is 2.49. The zero-order valence-corrected chi connectivity index (χ0v) is 11.4. The van der Waals surface area contributed by atoms with E-state index in [0.29, 0.717) is 11.4 Å². The molecule has 0 radical (unpaired) electrons. The molecule has 2 rings (SSSR count). The highest BCUT2D eigenvalue weighted by Crippen LogP contribution is 2.21. The van der Waals surface area contributed by atoms with Crippen molar-refractivity contribution in [3.63, 3.8) is 0 Å². The zero-order chi connectivity index (χ0) is 13.8. The first kappa shape index (κ1) is 13.4. The molecule has 1 amide bonds. The SMILES string of the molecule is O=C(O)Cn1cccc1C(=O)Nc1ccccc1Br. The molecule has 0 saturated carbocycles. The average molecular weight is 323 g/mol. The minimum absolute atomic E-state index is 0.244. The standard InChI is InChI=1S/C13H11BrN2O3/c14-9-4-1-2-5-10(9)15-13(19)11-6-3-7-16(11)8-12(17)18/h1-7H,8H2,(H,15,19)(H,17,18). The highest BCUT2D eigenvalue weighted by atomic mass is 79.9. The number of rotatable bonds is 4. The van der Waals surface area contributed by atoms with Gasteiger partial charge in [0.15, 0.2) is 0 Å². The van der Waals surface area contributed by atoms with Crippen LogP contribution in [-0.4, -0.2) is 21.6 Å². The van der Waals surface area contributed by atoms with Gasteiger partial charge in [-0.25, -0.2) is 0 Å². The van der Waals surface area contributed by atoms with Crippen LogP contribution >= 0.6 is 15.9 Å². The van der Waals surface area contributed by atoms with Crippen LogP contribution in [0.2, 0.25) is 0 Å². The second kappa shape index (κ2) is 5.71. The summed E-state index contributed by atoms with van der Waals surface area (Å²) in [7, 11) is 0. The Morgan fingerprint density at radius 1 is 1.21 bits per heavy atom. The van der Waals surface area contributed by atoms with Crippen molar-refractivity contribution in [3.05, 3.63) is 52.8 Å². The van der Waals surface area contributed by atoms with E-state index in [-0.39, 0.29) is 12.5 Å². The van der Waals surface area contributed by atoms with Crippen molar-refractivity contribution in [2.45, 2.75) is 6.54 Å². The third kappa shape index (κ3) is 3.23. The maximum absolute atomic E-state index is 12.1. The summed E-state index contributed by atoms with van der Waals surface area (Å²) in [6, 6.07) is 10.4. The molecule has 0 aliphatic heterocycles. The molecule has 0 spiro atoms. The summed E-state index contributed by atoms with van der Waals surface area (Å²) in [5.41, 5.74) is 0.939. The largest absolute Gasteiger partial charge is 0.480 e. The lowest BCUT2D eigenvalue weighted by atomic mass is 10.3. The zero-order valence-electron chi connectivity index (χ0n) is 9.84. The van der Waals surface area contributed by atoms with E-state index in [4.69, 9.17) is 5.11 Å². The van der Waals surface area contributed by atoms with Gasteiger partial charge in [-0.1, -0.05) is 12.1 Å². The van der Waals surface area contributed by atoms with Crippen LogP contribution in [0.3, 0.4) is 0 Å². The number of hydrogen-bond donors (Lipinski definition) is 2. The van der Waals surface area contributed by atoms with E-state index in [2.05, 4.69) is 21.2 Å². The monoisotopic (exact) mass is 322 g/mol. The minimum atomic E-state index is -0.994. The number of hydrogen-bond acceptors (Lipinski definition) is 2. The predicted molar refractivity (Wildman–Crippen MR) is 74.2 cm³/mol. The third-order valence-corrected chi connectivity index (χ3v) is 3.18. The molecule has 0 atom stereocenters. The van der Waals surface area contributed by atoms with Crippen LogP contribution in [0.5, 0.6) is 0 Å². The fourth-order valence-corrected chi connectivity index (χ4v) is 2.04. The van der Waals surface area contributed by atoms with E-state index in [1.54, 1.807) is 30.5 Å². The first-order chi connectivity index (χ1) is 9.08. The van der Waals surface area contributed by atoms with Crippen LogP contribution in [0.1, 0.15) is 10.5 Å². The molecule has 0 bridgehead atoms. The molecule has 5 nitrogen and oxygen atoms in total. The van der Waals surface area contributed by atoms with Crippen LogP contribution < -0.4 is 5.32 Å². The van der Waals surface area contributed by atoms with Gasteiger partial charge in [-0.05, 0) is 40.2 Å². The molecule has 0 unspecified atom stereocenters. The molecule has 6 heteroatoms. The van der Waals surface area contributed by atoms with E-state index in [1.165, 1.54) is 4.57 Å². The number of carbonyl (C=O) groups excluding carboxylic acids is 1. The number of para-hydroxylation sites is 1. The molecule has 0 aliphatic rings. The smallest absolute Gasteiger partial charge is 0.323 e. The first-order valence-corrected chi connectivity index (χ1v) is 6.30. The summed E-state index contributed by atoms with van der Waals surface area (Å²) >= 11 is 3.33. The molecule has 2 N–H and O–H groups in total. The quantitative estimate of drug-likeness (QED) is 0.908. The highest BCUT2D eigenvalue weighted by molar-refractivity contribution is 9.10. The Bertz CT molecular complexity index is 622. The Morgan fingerprint density at radius 2 is 1.95 bits per heavy atom. The number of halogens is 1. The summed E-state index contributed by atoms with van der Waals surface area (Å²) in [6.07, 6.45) is 1.56. The fourth-order valence-electron chi connectivity index (χ4n) is 1.65. The van der Waals surface area contributed by atoms with Gasteiger partial charge < -0.3 is 15.0 Å². The van der Waals surface area contributed by atoms with Gasteiger partial charge in [0.2, 0.25) is 0 Å². The predicted octanol–water partition coefficient (Wildman–Crippen LogP) is 2.59. The number of carboxylic acids is 1. The van der Waals surface area contributed by atoms with Gasteiger partial charge in [0.05, 0.1) is 5.69 Å². The van der Waals surface area contributed by atoms with Gasteiger partial charge in [-0.15, -0.1) is 0 Å². The number of aromatic nitrogens is 1. The Hall–Kier alpha value is -2.08. The van der Waals surface area contributed by atoms with Crippen molar-refractivity contribution in [2.75, 3.05) is 5.32 Å². The number of carbonyl (C=O) groups is 2. The molecule has 0 saturated heterocycles. The summed E-state index contributed by atoms with van der Waals surface area (Å²) in [5.74, 6) is -1.34. The van der Waals surface area contributed by atoms with E-state index >= 15 is 0 Å². The number of carboxylic acid groups (broad SMARTS) is 1. The number of nitrogens with zero attached hydrogens (tertiary/aromatic N) is 1. The van der Waals surface area contributed by atoms with E-state index in [0.717, 1.165) is 4.47 Å². The lowest BCUT2D eigenvalue weighted by Gasteiger charge is -2.09. The van der Waals surface area contributed by atoms with Crippen molar-refractivity contribution < 1.29 is 14.7 Å². The topological polar surface area (TPSA) is 71.3 Å². The number of aliphatic carboxylic acids is 1. The molecular weight excluding hydrogens is 312 g/mol. The molecule has 98 valence electrons. The van der Waals surface area contributed by atoms with Gasteiger partial charge in [0.1, 0.15) is 12.2 Å². The van der Waals surface area contributed by atoms with Gasteiger partial charge >= 0.3 is 5.97 Å². The fraction of sp³-hybridized carbons (Fsp3) is 0.0769. The molecule has 0 fully saturated rings. The molecule has 19 heavy (non-hydrogen) atoms. The molecule has 1 aromatic heterocycles. The Kier molecular flexibility index (Phi) is 4.01.